The van der Waals surface area contributed by atoms with E-state index < -0.39 is 38.0 Å². The maximum absolute atomic E-state index is 13.1. The molecule has 0 heterocycles. The first-order valence-corrected chi connectivity index (χ1v) is 9.08. The molecular formula is C14H12Cl2N4O5S. The highest BCUT2D eigenvalue weighted by Gasteiger charge is 2.34. The van der Waals surface area contributed by atoms with Gasteiger partial charge in [0.25, 0.3) is 21.6 Å². The lowest BCUT2D eigenvalue weighted by molar-refractivity contribution is -0.387. The normalized spacial score (nSPS) is 11.0. The molecule has 0 bridgehead atoms. The van der Waals surface area contributed by atoms with Crippen molar-refractivity contribution in [3.8, 4) is 0 Å². The Morgan fingerprint density at radius 2 is 1.88 bits per heavy atom. The fourth-order valence-electron chi connectivity index (χ4n) is 2.10. The molecule has 0 spiro atoms. The molecule has 12 heteroatoms. The third-order valence-electron chi connectivity index (χ3n) is 3.26. The van der Waals surface area contributed by atoms with Crippen LogP contribution < -0.4 is 15.6 Å². The highest BCUT2D eigenvalue weighted by Crippen LogP contribution is 2.35. The van der Waals surface area contributed by atoms with Crippen LogP contribution in [0, 0.1) is 10.1 Å². The van der Waals surface area contributed by atoms with Gasteiger partial charge in [-0.3, -0.25) is 24.6 Å². The van der Waals surface area contributed by atoms with Crippen molar-refractivity contribution in [3.63, 3.8) is 0 Å². The van der Waals surface area contributed by atoms with Crippen LogP contribution in [0.5, 0.6) is 0 Å². The second kappa shape index (κ2) is 7.87. The molecule has 0 atom stereocenters. The number of nitrogens with two attached hydrogens (primary N) is 1. The Hall–Kier alpha value is -2.40. The Bertz CT molecular complexity index is 968. The minimum atomic E-state index is -4.54. The molecular weight excluding hydrogens is 407 g/mol. The number of nitrogens with zero attached hydrogens (tertiary/aromatic N) is 2. The molecule has 0 aromatic heterocycles. The summed E-state index contributed by atoms with van der Waals surface area (Å²) in [6, 6.07) is 8.71. The second-order valence-electron chi connectivity index (χ2n) is 4.90. The van der Waals surface area contributed by atoms with Gasteiger partial charge in [-0.25, -0.2) is 14.3 Å². The Labute approximate surface area is 158 Å². The van der Waals surface area contributed by atoms with E-state index in [-0.39, 0.29) is 15.7 Å². The molecule has 3 N–H and O–H groups in total. The number of nitrogens with one attached hydrogen (secondary N) is 1. The Balaban J connectivity index is 2.71. The molecule has 0 aliphatic rings. The Morgan fingerprint density at radius 1 is 1.23 bits per heavy atom. The molecule has 26 heavy (non-hydrogen) atoms. The predicted octanol–water partition coefficient (Wildman–Crippen LogP) is 2.09. The van der Waals surface area contributed by atoms with Gasteiger partial charge in [0.15, 0.2) is 4.90 Å². The maximum Gasteiger partial charge on any atom is 0.289 e. The number of anilines is 1. The summed E-state index contributed by atoms with van der Waals surface area (Å²) in [5, 5.41) is 11.3. The Morgan fingerprint density at radius 3 is 2.50 bits per heavy atom. The monoisotopic (exact) mass is 418 g/mol. The van der Waals surface area contributed by atoms with Gasteiger partial charge in [-0.2, -0.15) is 0 Å². The number of nitro benzene ring substituents is 1. The molecule has 9 nitrogen and oxygen atoms in total. The van der Waals surface area contributed by atoms with Crippen LogP contribution >= 0.6 is 23.2 Å². The van der Waals surface area contributed by atoms with Gasteiger partial charge in [-0.05, 0) is 24.3 Å². The standard InChI is InChI=1S/C14H12Cl2N4O5S/c15-9-5-6-10(16)12(7-9)19(8-14(21)18-17)26(24,25)13-4-2-1-3-11(13)20(22)23/h1-7H,8,17H2,(H,18,21). The van der Waals surface area contributed by atoms with Crippen LogP contribution in [0.3, 0.4) is 0 Å². The van der Waals surface area contributed by atoms with Crippen molar-refractivity contribution >= 4 is 50.5 Å². The number of hydrazine groups is 1. The van der Waals surface area contributed by atoms with Gasteiger partial charge in [0, 0.05) is 11.1 Å². The minimum absolute atomic E-state index is 0.0265. The lowest BCUT2D eigenvalue weighted by Crippen LogP contribution is -2.43. The van der Waals surface area contributed by atoms with Crippen molar-refractivity contribution in [2.45, 2.75) is 4.90 Å². The number of para-hydroxylation sites is 1. The maximum atomic E-state index is 13.1. The van der Waals surface area contributed by atoms with Crippen LogP contribution in [-0.2, 0) is 14.8 Å². The van der Waals surface area contributed by atoms with Crippen LogP contribution in [0.1, 0.15) is 0 Å². The molecule has 2 aromatic carbocycles. The van der Waals surface area contributed by atoms with E-state index >= 15 is 0 Å². The van der Waals surface area contributed by atoms with Crippen molar-refractivity contribution in [2.24, 2.45) is 5.84 Å². The summed E-state index contributed by atoms with van der Waals surface area (Å²) in [4.78, 5) is 21.5. The van der Waals surface area contributed by atoms with Crippen molar-refractivity contribution in [1.29, 1.82) is 0 Å². The highest BCUT2D eigenvalue weighted by molar-refractivity contribution is 7.93. The van der Waals surface area contributed by atoms with Crippen LogP contribution in [0.25, 0.3) is 0 Å². The molecule has 2 aromatic rings. The topological polar surface area (TPSA) is 136 Å². The summed E-state index contributed by atoms with van der Waals surface area (Å²) in [5.74, 6) is 4.18. The van der Waals surface area contributed by atoms with Crippen molar-refractivity contribution < 1.29 is 18.1 Å². The van der Waals surface area contributed by atoms with Crippen LogP contribution in [0.15, 0.2) is 47.4 Å². The zero-order valence-corrected chi connectivity index (χ0v) is 15.3. The molecule has 0 fully saturated rings. The first-order valence-electron chi connectivity index (χ1n) is 6.89. The van der Waals surface area contributed by atoms with Gasteiger partial charge in [0.05, 0.1) is 15.6 Å². The molecule has 0 aliphatic heterocycles. The van der Waals surface area contributed by atoms with Crippen LogP contribution in [0.4, 0.5) is 11.4 Å². The summed E-state index contributed by atoms with van der Waals surface area (Å²) >= 11 is 11.9. The largest absolute Gasteiger partial charge is 0.293 e. The zero-order chi connectivity index (χ0) is 19.5. The van der Waals surface area contributed by atoms with Crippen molar-refractivity contribution in [3.05, 3.63) is 62.6 Å². The molecule has 138 valence electrons. The van der Waals surface area contributed by atoms with Crippen LogP contribution in [0.2, 0.25) is 10.0 Å². The van der Waals surface area contributed by atoms with E-state index in [1.54, 1.807) is 5.43 Å². The molecule has 0 aliphatic carbocycles. The molecule has 0 unspecified atom stereocenters. The minimum Gasteiger partial charge on any atom is -0.293 e. The smallest absolute Gasteiger partial charge is 0.289 e. The number of rotatable bonds is 6. The average molecular weight is 419 g/mol. The van der Waals surface area contributed by atoms with E-state index in [0.717, 1.165) is 12.1 Å². The van der Waals surface area contributed by atoms with Gasteiger partial charge in [-0.15, -0.1) is 0 Å². The van der Waals surface area contributed by atoms with Crippen molar-refractivity contribution in [2.75, 3.05) is 10.8 Å². The van der Waals surface area contributed by atoms with Gasteiger partial charge in [0.1, 0.15) is 6.54 Å². The lowest BCUT2D eigenvalue weighted by atomic mass is 10.3. The fourth-order valence-corrected chi connectivity index (χ4v) is 4.13. The summed E-state index contributed by atoms with van der Waals surface area (Å²) in [7, 11) is -4.54. The molecule has 0 saturated heterocycles. The first-order chi connectivity index (χ1) is 12.2. The van der Waals surface area contributed by atoms with Crippen molar-refractivity contribution in [1.82, 2.24) is 5.43 Å². The number of hydrogen-bond donors (Lipinski definition) is 2. The number of carbonyl (C=O) groups excluding carboxylic acids is 1. The van der Waals surface area contributed by atoms with E-state index in [4.69, 9.17) is 29.0 Å². The number of halogens is 2. The number of sulfonamides is 1. The second-order valence-corrected chi connectivity index (χ2v) is 7.57. The summed E-state index contributed by atoms with van der Waals surface area (Å²) < 4.78 is 26.7. The summed E-state index contributed by atoms with van der Waals surface area (Å²) in [6.07, 6.45) is 0. The number of amides is 1. The van der Waals surface area contributed by atoms with Gasteiger partial charge < -0.3 is 0 Å². The van der Waals surface area contributed by atoms with E-state index in [1.165, 1.54) is 30.3 Å². The van der Waals surface area contributed by atoms with E-state index in [0.29, 0.717) is 4.31 Å². The quantitative estimate of drug-likeness (QED) is 0.319. The molecule has 0 saturated carbocycles. The molecule has 0 radical (unpaired) electrons. The van der Waals surface area contributed by atoms with E-state index in [9.17, 15) is 23.3 Å². The third kappa shape index (κ3) is 4.05. The average Bonchev–Trinajstić information content (AvgIpc) is 2.61. The number of benzene rings is 2. The predicted molar refractivity (Wildman–Crippen MR) is 96.4 cm³/mol. The Kier molecular flexibility index (Phi) is 6.03. The van der Waals surface area contributed by atoms with Gasteiger partial charge in [0.2, 0.25) is 0 Å². The molecule has 1 amide bonds. The number of hydrogen-bond acceptors (Lipinski definition) is 6. The fraction of sp³-hybridized carbons (Fsp3) is 0.0714. The number of nitro groups is 1. The number of carbonyl (C=O) groups is 1. The summed E-state index contributed by atoms with van der Waals surface area (Å²) in [6.45, 7) is -0.759. The SMILES string of the molecule is NNC(=O)CN(c1cc(Cl)ccc1Cl)S(=O)(=O)c1ccccc1[N+](=O)[O-]. The van der Waals surface area contributed by atoms with Gasteiger partial charge in [-0.1, -0.05) is 35.3 Å². The summed E-state index contributed by atoms with van der Waals surface area (Å²) in [5.41, 5.74) is 1.03. The van der Waals surface area contributed by atoms with E-state index in [1.807, 2.05) is 0 Å². The first kappa shape index (κ1) is 19.9. The third-order valence-corrected chi connectivity index (χ3v) is 5.62. The zero-order valence-electron chi connectivity index (χ0n) is 12.9. The van der Waals surface area contributed by atoms with Gasteiger partial charge >= 0.3 is 0 Å². The van der Waals surface area contributed by atoms with Crippen LogP contribution in [-0.4, -0.2) is 25.8 Å². The van der Waals surface area contributed by atoms with E-state index in [2.05, 4.69) is 0 Å². The molecule has 2 rings (SSSR count). The highest BCUT2D eigenvalue weighted by atomic mass is 35.5. The lowest BCUT2D eigenvalue weighted by Gasteiger charge is -2.24.